The van der Waals surface area contributed by atoms with Gasteiger partial charge >= 0.3 is 0 Å². The summed E-state index contributed by atoms with van der Waals surface area (Å²) < 4.78 is 10.7. The quantitative estimate of drug-likeness (QED) is 0.664. The van der Waals surface area contributed by atoms with Crippen molar-refractivity contribution in [2.45, 2.75) is 9.79 Å². The van der Waals surface area contributed by atoms with Crippen LogP contribution in [-0.2, 0) is 0 Å². The normalized spacial score (nSPS) is 14.7. The molecule has 3 aromatic rings. The fraction of sp³-hybridized carbons (Fsp3) is 0. The minimum absolute atomic E-state index is 0.0487. The predicted molar refractivity (Wildman–Crippen MR) is 93.8 cm³/mol. The molecule has 3 aromatic carbocycles. The van der Waals surface area contributed by atoms with E-state index in [4.69, 9.17) is 6.26 Å². The molecular weight excluding hydrogens is 304 g/mol. The summed E-state index contributed by atoms with van der Waals surface area (Å²) in [5, 5.41) is 0. The molecule has 0 amide bonds. The number of benzene rings is 3. The molecule has 0 fully saturated rings. The lowest BCUT2D eigenvalue weighted by molar-refractivity contribution is 0.103. The van der Waals surface area contributed by atoms with E-state index in [0.717, 1.165) is 0 Å². The minimum Gasteiger partial charge on any atom is -0.343 e. The summed E-state index contributed by atoms with van der Waals surface area (Å²) in [6, 6.07) is 25.1. The maximum absolute atomic E-state index is 12.4. The third-order valence-corrected chi connectivity index (χ3v) is 5.60. The second-order valence-corrected chi connectivity index (χ2v) is 7.35. The molecule has 1 atom stereocenters. The molecule has 0 aliphatic rings. The van der Waals surface area contributed by atoms with Crippen LogP contribution in [0.5, 0.6) is 0 Å². The lowest BCUT2D eigenvalue weighted by Gasteiger charge is -2.29. The summed E-state index contributed by atoms with van der Waals surface area (Å²) in [5.74, 6) is -0.0487. The van der Waals surface area contributed by atoms with Gasteiger partial charge in [-0.15, -0.1) is 0 Å². The molecule has 0 aliphatic heterocycles. The minimum atomic E-state index is -2.56. The van der Waals surface area contributed by atoms with Gasteiger partial charge in [0, 0.05) is 27.2 Å². The Kier molecular flexibility index (Phi) is 4.33. The fourth-order valence-corrected chi connectivity index (χ4v) is 3.73. The summed E-state index contributed by atoms with van der Waals surface area (Å²) >= 11 is 0. The van der Waals surface area contributed by atoms with E-state index < -0.39 is 10.3 Å². The van der Waals surface area contributed by atoms with Crippen molar-refractivity contribution in [1.82, 2.24) is 0 Å². The number of hydrogen-bond acceptors (Lipinski definition) is 2. The molecule has 0 aliphatic carbocycles. The first-order valence-electron chi connectivity index (χ1n) is 7.17. The van der Waals surface area contributed by atoms with Gasteiger partial charge in [-0.3, -0.25) is 4.79 Å². The van der Waals surface area contributed by atoms with Gasteiger partial charge in [-0.05, 0) is 36.4 Å². The van der Waals surface area contributed by atoms with Crippen molar-refractivity contribution in [3.05, 3.63) is 102 Å². The van der Waals surface area contributed by atoms with Crippen LogP contribution < -0.4 is 0 Å². The topological polar surface area (TPSA) is 37.3 Å². The van der Waals surface area contributed by atoms with E-state index in [1.54, 1.807) is 48.5 Å². The van der Waals surface area contributed by atoms with Crippen LogP contribution >= 0.6 is 10.3 Å². The average molecular weight is 320 g/mol. The first-order chi connectivity index (χ1) is 11.1. The van der Waals surface area contributed by atoms with Crippen LogP contribution in [0.3, 0.4) is 0 Å². The Morgan fingerprint density at radius 2 is 1.13 bits per heavy atom. The van der Waals surface area contributed by atoms with Crippen LogP contribution in [0.15, 0.2) is 94.7 Å². The second kappa shape index (κ2) is 6.41. The first-order valence-corrected chi connectivity index (χ1v) is 8.83. The smallest absolute Gasteiger partial charge is 0.193 e. The van der Waals surface area contributed by atoms with Crippen molar-refractivity contribution in [2.24, 2.45) is 0 Å². The zero-order valence-corrected chi connectivity index (χ0v) is 13.2. The fourth-order valence-electron chi connectivity index (χ4n) is 2.33. The van der Waals surface area contributed by atoms with E-state index in [1.807, 2.05) is 36.4 Å². The molecule has 0 saturated carbocycles. The summed E-state index contributed by atoms with van der Waals surface area (Å²) in [7, 11) is -2.56. The van der Waals surface area contributed by atoms with E-state index in [1.165, 1.54) is 0 Å². The largest absolute Gasteiger partial charge is 0.343 e. The lowest BCUT2D eigenvalue weighted by Crippen LogP contribution is -2.02. The average Bonchev–Trinajstić information content (AvgIpc) is 2.63. The number of hydrogen-bond donors (Lipinski definition) is 1. The lowest BCUT2D eigenvalue weighted by atomic mass is 10.0. The molecule has 3 heteroatoms. The summed E-state index contributed by atoms with van der Waals surface area (Å²) in [6.07, 6.45) is 6.15. The van der Waals surface area contributed by atoms with Gasteiger partial charge in [0.2, 0.25) is 0 Å². The van der Waals surface area contributed by atoms with Crippen LogP contribution in [0, 0.1) is 6.26 Å². The number of carbonyl (C=O) groups is 1. The molecule has 0 aromatic heterocycles. The van der Waals surface area contributed by atoms with Gasteiger partial charge < -0.3 is 4.55 Å². The van der Waals surface area contributed by atoms with Gasteiger partial charge in [-0.1, -0.05) is 58.8 Å². The highest BCUT2D eigenvalue weighted by Gasteiger charge is 2.20. The first kappa shape index (κ1) is 15.5. The van der Waals surface area contributed by atoms with Crippen molar-refractivity contribution >= 4 is 16.1 Å². The molecule has 0 spiro atoms. The molecular formula is C20H16O2S. The van der Waals surface area contributed by atoms with Gasteiger partial charge in [-0.25, -0.2) is 0 Å². The highest BCUT2D eigenvalue weighted by Crippen LogP contribution is 2.57. The van der Waals surface area contributed by atoms with E-state index >= 15 is 0 Å². The molecule has 0 saturated heterocycles. The Labute approximate surface area is 137 Å². The zero-order valence-electron chi connectivity index (χ0n) is 12.4. The third-order valence-electron chi connectivity index (χ3n) is 3.61. The Bertz CT molecular complexity index is 794. The molecule has 0 bridgehead atoms. The maximum atomic E-state index is 12.4. The van der Waals surface area contributed by atoms with Crippen LogP contribution in [0.4, 0.5) is 0 Å². The SMILES string of the molecule is [CH]S(O)(c1ccccc1)c1ccc(C(=O)c2ccccc2)cc1. The van der Waals surface area contributed by atoms with Gasteiger partial charge in [0.1, 0.15) is 0 Å². The molecule has 2 radical (unpaired) electrons. The van der Waals surface area contributed by atoms with Crippen molar-refractivity contribution in [3.63, 3.8) is 0 Å². The molecule has 1 unspecified atom stereocenters. The van der Waals surface area contributed by atoms with E-state index in [9.17, 15) is 9.35 Å². The summed E-state index contributed by atoms with van der Waals surface area (Å²) in [6.45, 7) is 0. The van der Waals surface area contributed by atoms with Crippen LogP contribution in [0.1, 0.15) is 15.9 Å². The van der Waals surface area contributed by atoms with Crippen molar-refractivity contribution in [1.29, 1.82) is 0 Å². The Hall–Kier alpha value is -2.36. The number of rotatable bonds is 4. The Balaban J connectivity index is 1.89. The number of ketones is 1. The molecule has 1 N–H and O–H groups in total. The monoisotopic (exact) mass is 320 g/mol. The molecule has 3 rings (SSSR count). The maximum Gasteiger partial charge on any atom is 0.193 e. The van der Waals surface area contributed by atoms with E-state index in [0.29, 0.717) is 20.9 Å². The van der Waals surface area contributed by atoms with E-state index in [-0.39, 0.29) is 5.78 Å². The van der Waals surface area contributed by atoms with E-state index in [2.05, 4.69) is 0 Å². The van der Waals surface area contributed by atoms with Gasteiger partial charge in [0.25, 0.3) is 0 Å². The Morgan fingerprint density at radius 3 is 1.70 bits per heavy atom. The van der Waals surface area contributed by atoms with Crippen LogP contribution in [0.25, 0.3) is 0 Å². The highest BCUT2D eigenvalue weighted by molar-refractivity contribution is 8.30. The van der Waals surface area contributed by atoms with Gasteiger partial charge in [0.05, 0.1) is 0 Å². The molecule has 23 heavy (non-hydrogen) atoms. The standard InChI is InChI=1S/C20H16O2S/c1-23(22,18-10-6-3-7-11-18)19-14-12-17(13-15-19)20(21)16-8-4-2-5-9-16/h1-15,22H. The zero-order chi connectivity index (χ0) is 16.3. The van der Waals surface area contributed by atoms with Crippen LogP contribution in [-0.4, -0.2) is 10.3 Å². The third kappa shape index (κ3) is 3.21. The summed E-state index contributed by atoms with van der Waals surface area (Å²) in [5.41, 5.74) is 1.21. The second-order valence-electron chi connectivity index (χ2n) is 5.16. The van der Waals surface area contributed by atoms with Gasteiger partial charge in [0.15, 0.2) is 5.78 Å². The van der Waals surface area contributed by atoms with Crippen molar-refractivity contribution in [3.8, 4) is 0 Å². The highest BCUT2D eigenvalue weighted by atomic mass is 32.3. The summed E-state index contributed by atoms with van der Waals surface area (Å²) in [4.78, 5) is 13.7. The van der Waals surface area contributed by atoms with Crippen molar-refractivity contribution in [2.75, 3.05) is 0 Å². The molecule has 114 valence electrons. The predicted octanol–water partition coefficient (Wildman–Crippen LogP) is 5.28. The van der Waals surface area contributed by atoms with Crippen LogP contribution in [0.2, 0.25) is 0 Å². The van der Waals surface area contributed by atoms with Crippen molar-refractivity contribution < 1.29 is 9.35 Å². The molecule has 0 heterocycles. The number of carbonyl (C=O) groups excluding carboxylic acids is 1. The van der Waals surface area contributed by atoms with Gasteiger partial charge in [-0.2, -0.15) is 0 Å². The Morgan fingerprint density at radius 1 is 0.696 bits per heavy atom. The molecule has 2 nitrogen and oxygen atoms in total.